The van der Waals surface area contributed by atoms with Crippen LogP contribution in [0.2, 0.25) is 0 Å². The highest BCUT2D eigenvalue weighted by Gasteiger charge is 1.95. The second kappa shape index (κ2) is 7.93. The van der Waals surface area contributed by atoms with Crippen LogP contribution in [0.15, 0.2) is 18.3 Å². The zero-order chi connectivity index (χ0) is 10.9. The van der Waals surface area contributed by atoms with Crippen LogP contribution in [0.3, 0.4) is 0 Å². The van der Waals surface area contributed by atoms with Crippen LogP contribution >= 0.6 is 9.24 Å². The molecule has 0 atom stereocenters. The summed E-state index contributed by atoms with van der Waals surface area (Å²) in [5, 5.41) is 0. The summed E-state index contributed by atoms with van der Waals surface area (Å²) < 4.78 is 2.22. The van der Waals surface area contributed by atoms with E-state index in [1.165, 1.54) is 44.9 Å². The molecule has 0 N–H and O–H groups in total. The molecular formula is C13H22NP. The van der Waals surface area contributed by atoms with Crippen molar-refractivity contribution in [2.75, 3.05) is 0 Å². The number of aromatic nitrogens is 1. The third-order valence-electron chi connectivity index (χ3n) is 2.81. The third kappa shape index (κ3) is 5.37. The molecule has 0 aliphatic carbocycles. The second-order valence-corrected chi connectivity index (χ2v) is 4.64. The number of rotatable bonds is 8. The molecule has 0 saturated carbocycles. The lowest BCUT2D eigenvalue weighted by molar-refractivity contribution is 0.555. The SMILES string of the molecule is CCCCCCCCCn1cccc1[P]. The summed E-state index contributed by atoms with van der Waals surface area (Å²) in [6.45, 7) is 3.39. The quantitative estimate of drug-likeness (QED) is 0.458. The zero-order valence-electron chi connectivity index (χ0n) is 9.78. The van der Waals surface area contributed by atoms with Crippen LogP contribution in [-0.2, 0) is 6.54 Å². The normalized spacial score (nSPS) is 10.8. The Balaban J connectivity index is 1.96. The van der Waals surface area contributed by atoms with Crippen LogP contribution in [0, 0.1) is 0 Å². The van der Waals surface area contributed by atoms with Crippen molar-refractivity contribution in [3.63, 3.8) is 0 Å². The van der Waals surface area contributed by atoms with Crippen molar-refractivity contribution < 1.29 is 0 Å². The first-order valence-corrected chi connectivity index (χ1v) is 6.63. The van der Waals surface area contributed by atoms with Gasteiger partial charge in [0.1, 0.15) is 0 Å². The summed E-state index contributed by atoms with van der Waals surface area (Å²) in [4.78, 5) is 0. The van der Waals surface area contributed by atoms with Crippen molar-refractivity contribution >= 4 is 14.7 Å². The number of aryl methyl sites for hydroxylation is 1. The molecule has 0 aliphatic rings. The van der Waals surface area contributed by atoms with Gasteiger partial charge in [0.2, 0.25) is 0 Å². The first-order chi connectivity index (χ1) is 7.34. The fourth-order valence-corrected chi connectivity index (χ4v) is 2.09. The summed E-state index contributed by atoms with van der Waals surface area (Å²) in [5.74, 6) is 0. The minimum Gasteiger partial charge on any atom is -0.347 e. The minimum absolute atomic E-state index is 1.08. The molecule has 1 aromatic heterocycles. The summed E-state index contributed by atoms with van der Waals surface area (Å²) in [5.41, 5.74) is 1.08. The van der Waals surface area contributed by atoms with E-state index < -0.39 is 0 Å². The van der Waals surface area contributed by atoms with Gasteiger partial charge in [-0.25, -0.2) is 0 Å². The molecule has 2 heteroatoms. The molecule has 1 heterocycles. The van der Waals surface area contributed by atoms with Gasteiger partial charge in [0.15, 0.2) is 0 Å². The molecule has 0 unspecified atom stereocenters. The molecule has 0 aromatic carbocycles. The van der Waals surface area contributed by atoms with Gasteiger partial charge in [-0.1, -0.05) is 45.4 Å². The van der Waals surface area contributed by atoms with Gasteiger partial charge in [0, 0.05) is 22.0 Å². The average molecular weight is 223 g/mol. The van der Waals surface area contributed by atoms with Crippen molar-refractivity contribution in [2.45, 2.75) is 58.4 Å². The molecule has 0 aliphatic heterocycles. The summed E-state index contributed by atoms with van der Waals surface area (Å²) in [6, 6.07) is 4.11. The lowest BCUT2D eigenvalue weighted by Gasteiger charge is -2.05. The number of hydrogen-bond donors (Lipinski definition) is 0. The molecule has 1 rings (SSSR count). The van der Waals surface area contributed by atoms with E-state index in [9.17, 15) is 0 Å². The lowest BCUT2D eigenvalue weighted by atomic mass is 10.1. The van der Waals surface area contributed by atoms with E-state index in [1.54, 1.807) is 0 Å². The molecule has 1 aromatic rings. The maximum atomic E-state index is 4.38. The highest BCUT2D eigenvalue weighted by Crippen LogP contribution is 2.07. The van der Waals surface area contributed by atoms with Gasteiger partial charge in [0.25, 0.3) is 0 Å². The maximum Gasteiger partial charge on any atom is 0.0513 e. The molecule has 84 valence electrons. The van der Waals surface area contributed by atoms with Crippen LogP contribution in [0.25, 0.3) is 0 Å². The molecule has 15 heavy (non-hydrogen) atoms. The van der Waals surface area contributed by atoms with Crippen LogP contribution in [-0.4, -0.2) is 4.57 Å². The van der Waals surface area contributed by atoms with Crippen molar-refractivity contribution in [2.24, 2.45) is 0 Å². The summed E-state index contributed by atoms with van der Waals surface area (Å²) in [7, 11) is 4.38. The smallest absolute Gasteiger partial charge is 0.0513 e. The first-order valence-electron chi connectivity index (χ1n) is 6.18. The van der Waals surface area contributed by atoms with Gasteiger partial charge in [-0.05, 0) is 18.6 Å². The van der Waals surface area contributed by atoms with Crippen molar-refractivity contribution in [3.8, 4) is 0 Å². The van der Waals surface area contributed by atoms with Gasteiger partial charge in [-0.2, -0.15) is 0 Å². The third-order valence-corrected chi connectivity index (χ3v) is 3.21. The Labute approximate surface area is 96.5 Å². The van der Waals surface area contributed by atoms with Crippen LogP contribution in [0.5, 0.6) is 0 Å². The second-order valence-electron chi connectivity index (χ2n) is 4.18. The Morgan fingerprint density at radius 3 is 2.33 bits per heavy atom. The number of hydrogen-bond acceptors (Lipinski definition) is 0. The van der Waals surface area contributed by atoms with Gasteiger partial charge in [-0.3, -0.25) is 0 Å². The van der Waals surface area contributed by atoms with Gasteiger partial charge < -0.3 is 4.57 Å². The molecule has 1 nitrogen and oxygen atoms in total. The van der Waals surface area contributed by atoms with Crippen molar-refractivity contribution in [3.05, 3.63) is 18.3 Å². The molecule has 0 bridgehead atoms. The van der Waals surface area contributed by atoms with Crippen LogP contribution < -0.4 is 5.44 Å². The van der Waals surface area contributed by atoms with E-state index in [-0.39, 0.29) is 0 Å². The van der Waals surface area contributed by atoms with Gasteiger partial charge >= 0.3 is 0 Å². The van der Waals surface area contributed by atoms with Crippen molar-refractivity contribution in [1.82, 2.24) is 4.57 Å². The fourth-order valence-electron chi connectivity index (χ4n) is 1.83. The van der Waals surface area contributed by atoms with Crippen LogP contribution in [0.1, 0.15) is 51.9 Å². The Hall–Kier alpha value is -0.290. The monoisotopic (exact) mass is 223 g/mol. The van der Waals surface area contributed by atoms with Crippen LogP contribution in [0.4, 0.5) is 0 Å². The highest BCUT2D eigenvalue weighted by atomic mass is 31.0. The molecular weight excluding hydrogens is 201 g/mol. The Morgan fingerprint density at radius 2 is 1.73 bits per heavy atom. The van der Waals surface area contributed by atoms with E-state index in [0.717, 1.165) is 12.0 Å². The van der Waals surface area contributed by atoms with E-state index in [2.05, 4.69) is 33.0 Å². The molecule has 0 spiro atoms. The summed E-state index contributed by atoms with van der Waals surface area (Å²) in [6.07, 6.45) is 11.7. The fraction of sp³-hybridized carbons (Fsp3) is 0.692. The Bertz CT molecular complexity index is 255. The average Bonchev–Trinajstić information content (AvgIpc) is 2.63. The van der Waals surface area contributed by atoms with E-state index in [4.69, 9.17) is 0 Å². The molecule has 0 fully saturated rings. The molecule has 2 radical (unpaired) electrons. The number of nitrogens with zero attached hydrogens (tertiary/aromatic N) is 1. The Morgan fingerprint density at radius 1 is 1.07 bits per heavy atom. The summed E-state index contributed by atoms with van der Waals surface area (Å²) >= 11 is 0. The predicted molar refractivity (Wildman–Crippen MR) is 69.0 cm³/mol. The minimum atomic E-state index is 1.08. The largest absolute Gasteiger partial charge is 0.347 e. The first kappa shape index (κ1) is 12.8. The highest BCUT2D eigenvalue weighted by molar-refractivity contribution is 7.27. The van der Waals surface area contributed by atoms with E-state index >= 15 is 0 Å². The van der Waals surface area contributed by atoms with Crippen molar-refractivity contribution in [1.29, 1.82) is 0 Å². The standard InChI is InChI=1S/C13H22NP/c1-2-3-4-5-6-7-8-11-14-12-9-10-13(14)15/h9-10,12H,2-8,11H2,1H3. The van der Waals surface area contributed by atoms with Gasteiger partial charge in [0.05, 0.1) is 5.44 Å². The Kier molecular flexibility index (Phi) is 6.76. The molecule has 0 saturated heterocycles. The lowest BCUT2D eigenvalue weighted by Crippen LogP contribution is -2.08. The van der Waals surface area contributed by atoms with E-state index in [1.807, 2.05) is 6.07 Å². The van der Waals surface area contributed by atoms with Gasteiger partial charge in [-0.15, -0.1) is 0 Å². The maximum absolute atomic E-state index is 4.38. The topological polar surface area (TPSA) is 4.93 Å². The predicted octanol–water partition coefficient (Wildman–Crippen LogP) is 4.27. The van der Waals surface area contributed by atoms with E-state index in [0.29, 0.717) is 0 Å². The molecule has 0 amide bonds. The zero-order valence-corrected chi connectivity index (χ0v) is 10.7. The number of unbranched alkanes of at least 4 members (excludes halogenated alkanes) is 6.